The molecule has 0 atom stereocenters. The number of anilines is 1. The Morgan fingerprint density at radius 1 is 1.17 bits per heavy atom. The van der Waals surface area contributed by atoms with Crippen molar-refractivity contribution < 1.29 is 9.90 Å². The lowest BCUT2D eigenvalue weighted by Crippen LogP contribution is -2.31. The van der Waals surface area contributed by atoms with Gasteiger partial charge in [-0.2, -0.15) is 0 Å². The van der Waals surface area contributed by atoms with E-state index in [1.807, 2.05) is 38.1 Å². The number of thiocarbonyl (C=S) groups is 1. The zero-order valence-electron chi connectivity index (χ0n) is 12.8. The summed E-state index contributed by atoms with van der Waals surface area (Å²) in [6.45, 7) is 3.97. The number of phenols is 1. The van der Waals surface area contributed by atoms with Crippen molar-refractivity contribution in [1.82, 2.24) is 5.32 Å². The molecule has 1 aliphatic rings. The number of hydrogen-bond acceptors (Lipinski definition) is 3. The van der Waals surface area contributed by atoms with Crippen LogP contribution in [0.25, 0.3) is 6.08 Å². The summed E-state index contributed by atoms with van der Waals surface area (Å²) in [6.07, 6.45) is 1.68. The van der Waals surface area contributed by atoms with Crippen molar-refractivity contribution >= 4 is 35.0 Å². The maximum atomic E-state index is 12.7. The fourth-order valence-electron chi connectivity index (χ4n) is 2.51. The van der Waals surface area contributed by atoms with Crippen molar-refractivity contribution in [3.05, 3.63) is 64.9 Å². The Morgan fingerprint density at radius 2 is 1.91 bits per heavy atom. The van der Waals surface area contributed by atoms with Gasteiger partial charge in [0, 0.05) is 0 Å². The summed E-state index contributed by atoms with van der Waals surface area (Å²) in [5, 5.41) is 12.8. The molecule has 116 valence electrons. The molecule has 2 N–H and O–H groups in total. The summed E-state index contributed by atoms with van der Waals surface area (Å²) < 4.78 is 0. The molecule has 1 fully saturated rings. The topological polar surface area (TPSA) is 52.6 Å². The number of hydrogen-bond donors (Lipinski definition) is 2. The molecular formula is C18H16N2O2S. The average molecular weight is 324 g/mol. The van der Waals surface area contributed by atoms with Crippen molar-refractivity contribution in [3.63, 3.8) is 0 Å². The van der Waals surface area contributed by atoms with E-state index in [1.54, 1.807) is 24.3 Å². The van der Waals surface area contributed by atoms with Crippen LogP contribution in [-0.2, 0) is 4.79 Å². The highest BCUT2D eigenvalue weighted by molar-refractivity contribution is 7.80. The first-order chi connectivity index (χ1) is 11.0. The molecule has 0 unspecified atom stereocenters. The van der Waals surface area contributed by atoms with Crippen molar-refractivity contribution in [2.24, 2.45) is 0 Å². The molecule has 0 aliphatic carbocycles. The molecule has 0 saturated carbocycles. The smallest absolute Gasteiger partial charge is 0.281 e. The van der Waals surface area contributed by atoms with Crippen molar-refractivity contribution in [1.29, 1.82) is 0 Å². The molecular weight excluding hydrogens is 308 g/mol. The summed E-state index contributed by atoms with van der Waals surface area (Å²) in [5.74, 6) is -0.0502. The number of nitrogens with zero attached hydrogens (tertiary/aromatic N) is 1. The SMILES string of the molecule is Cc1cccc(N2C(=O)/C(=C\c3cccc(O)c3)NC2=S)c1C. The fraction of sp³-hybridized carbons (Fsp3) is 0.111. The quantitative estimate of drug-likeness (QED) is 0.657. The maximum absolute atomic E-state index is 12.7. The van der Waals surface area contributed by atoms with Crippen LogP contribution in [-0.4, -0.2) is 16.1 Å². The summed E-state index contributed by atoms with van der Waals surface area (Å²) in [7, 11) is 0. The van der Waals surface area contributed by atoms with Gasteiger partial charge in [0.1, 0.15) is 11.4 Å². The number of aromatic hydroxyl groups is 1. The molecule has 2 aromatic carbocycles. The predicted molar refractivity (Wildman–Crippen MR) is 95.2 cm³/mol. The number of rotatable bonds is 2. The summed E-state index contributed by atoms with van der Waals surface area (Å²) in [6, 6.07) is 12.5. The van der Waals surface area contributed by atoms with Crippen LogP contribution < -0.4 is 10.2 Å². The number of aryl methyl sites for hydroxylation is 1. The van der Waals surface area contributed by atoms with Crippen molar-refractivity contribution in [2.75, 3.05) is 4.90 Å². The minimum atomic E-state index is -0.202. The lowest BCUT2D eigenvalue weighted by Gasteiger charge is -2.17. The van der Waals surface area contributed by atoms with E-state index in [2.05, 4.69) is 5.32 Å². The second-order valence-electron chi connectivity index (χ2n) is 5.44. The van der Waals surface area contributed by atoms with Crippen LogP contribution in [0.4, 0.5) is 5.69 Å². The van der Waals surface area contributed by atoms with Crippen LogP contribution >= 0.6 is 12.2 Å². The minimum absolute atomic E-state index is 0.152. The Kier molecular flexibility index (Phi) is 3.88. The van der Waals surface area contributed by atoms with E-state index in [9.17, 15) is 9.90 Å². The van der Waals surface area contributed by atoms with Crippen LogP contribution in [0.1, 0.15) is 16.7 Å². The van der Waals surface area contributed by atoms with E-state index in [0.29, 0.717) is 10.8 Å². The number of carbonyl (C=O) groups is 1. The molecule has 5 heteroatoms. The average Bonchev–Trinajstić information content (AvgIpc) is 2.77. The second-order valence-corrected chi connectivity index (χ2v) is 5.83. The van der Waals surface area contributed by atoms with Gasteiger partial charge in [-0.05, 0) is 67.0 Å². The third kappa shape index (κ3) is 2.83. The van der Waals surface area contributed by atoms with Crippen LogP contribution in [0.3, 0.4) is 0 Å². The largest absolute Gasteiger partial charge is 0.508 e. The highest BCUT2D eigenvalue weighted by atomic mass is 32.1. The van der Waals surface area contributed by atoms with Gasteiger partial charge in [0.2, 0.25) is 0 Å². The molecule has 23 heavy (non-hydrogen) atoms. The van der Waals surface area contributed by atoms with Crippen LogP contribution in [0.5, 0.6) is 5.75 Å². The number of nitrogens with one attached hydrogen (secondary N) is 1. The molecule has 1 heterocycles. The standard InChI is InChI=1S/C18H16N2O2S/c1-11-5-3-8-16(12(11)2)20-17(22)15(19-18(20)23)10-13-6-4-7-14(21)9-13/h3-10,21H,1-2H3,(H,19,23)/b15-10+. The molecule has 0 bridgehead atoms. The van der Waals surface area contributed by atoms with Gasteiger partial charge in [0.05, 0.1) is 5.69 Å². The second kappa shape index (κ2) is 5.85. The third-order valence-corrected chi connectivity index (χ3v) is 4.16. The first kappa shape index (κ1) is 15.2. The van der Waals surface area contributed by atoms with Crippen LogP contribution in [0, 0.1) is 13.8 Å². The Morgan fingerprint density at radius 3 is 2.65 bits per heavy atom. The van der Waals surface area contributed by atoms with E-state index in [0.717, 1.165) is 22.4 Å². The fourth-order valence-corrected chi connectivity index (χ4v) is 2.80. The maximum Gasteiger partial charge on any atom is 0.281 e. The minimum Gasteiger partial charge on any atom is -0.508 e. The van der Waals surface area contributed by atoms with E-state index >= 15 is 0 Å². The van der Waals surface area contributed by atoms with Gasteiger partial charge < -0.3 is 10.4 Å². The molecule has 4 nitrogen and oxygen atoms in total. The normalized spacial score (nSPS) is 16.1. The molecule has 1 amide bonds. The van der Waals surface area contributed by atoms with E-state index in [-0.39, 0.29) is 11.7 Å². The van der Waals surface area contributed by atoms with Gasteiger partial charge in [0.15, 0.2) is 5.11 Å². The highest BCUT2D eigenvalue weighted by Crippen LogP contribution is 2.27. The Labute approximate surface area is 140 Å². The number of carbonyl (C=O) groups excluding carboxylic acids is 1. The summed E-state index contributed by atoms with van der Waals surface area (Å²) >= 11 is 5.33. The van der Waals surface area contributed by atoms with Gasteiger partial charge in [-0.15, -0.1) is 0 Å². The molecule has 0 spiro atoms. The van der Waals surface area contributed by atoms with Crippen molar-refractivity contribution in [2.45, 2.75) is 13.8 Å². The summed E-state index contributed by atoms with van der Waals surface area (Å²) in [4.78, 5) is 14.2. The lowest BCUT2D eigenvalue weighted by atomic mass is 10.1. The van der Waals surface area contributed by atoms with Gasteiger partial charge in [-0.25, -0.2) is 0 Å². The summed E-state index contributed by atoms with van der Waals surface area (Å²) in [5.41, 5.74) is 4.02. The zero-order chi connectivity index (χ0) is 16.6. The van der Waals surface area contributed by atoms with Crippen LogP contribution in [0.2, 0.25) is 0 Å². The first-order valence-electron chi connectivity index (χ1n) is 7.20. The molecule has 2 aromatic rings. The van der Waals surface area contributed by atoms with E-state index in [4.69, 9.17) is 12.2 Å². The monoisotopic (exact) mass is 324 g/mol. The lowest BCUT2D eigenvalue weighted by molar-refractivity contribution is -0.113. The number of amides is 1. The van der Waals surface area contributed by atoms with Gasteiger partial charge in [-0.3, -0.25) is 9.69 Å². The molecule has 0 radical (unpaired) electrons. The van der Waals surface area contributed by atoms with E-state index in [1.165, 1.54) is 4.90 Å². The predicted octanol–water partition coefficient (Wildman–Crippen LogP) is 3.27. The highest BCUT2D eigenvalue weighted by Gasteiger charge is 2.32. The Bertz CT molecular complexity index is 843. The third-order valence-electron chi connectivity index (χ3n) is 3.88. The molecule has 1 saturated heterocycles. The number of phenolic OH excluding ortho intramolecular Hbond substituents is 1. The van der Waals surface area contributed by atoms with Gasteiger partial charge >= 0.3 is 0 Å². The van der Waals surface area contributed by atoms with E-state index < -0.39 is 0 Å². The van der Waals surface area contributed by atoms with Crippen molar-refractivity contribution in [3.8, 4) is 5.75 Å². The molecule has 3 rings (SSSR count). The first-order valence-corrected chi connectivity index (χ1v) is 7.60. The number of benzene rings is 2. The molecule has 0 aromatic heterocycles. The Balaban J connectivity index is 1.99. The molecule has 1 aliphatic heterocycles. The van der Waals surface area contributed by atoms with Gasteiger partial charge in [0.25, 0.3) is 5.91 Å². The Hall–Kier alpha value is -2.66. The van der Waals surface area contributed by atoms with Crippen LogP contribution in [0.15, 0.2) is 48.2 Å². The zero-order valence-corrected chi connectivity index (χ0v) is 13.6. The van der Waals surface area contributed by atoms with Gasteiger partial charge in [-0.1, -0.05) is 24.3 Å².